The summed E-state index contributed by atoms with van der Waals surface area (Å²) in [7, 11) is 0. The second-order valence-corrected chi connectivity index (χ2v) is 8.92. The van der Waals surface area contributed by atoms with Gasteiger partial charge >= 0.3 is 6.09 Å². The third-order valence-electron chi connectivity index (χ3n) is 6.72. The van der Waals surface area contributed by atoms with Crippen LogP contribution in [-0.4, -0.2) is 53.0 Å². The molecule has 0 unspecified atom stereocenters. The van der Waals surface area contributed by atoms with Crippen molar-refractivity contribution in [3.8, 4) is 0 Å². The summed E-state index contributed by atoms with van der Waals surface area (Å²) < 4.78 is 20.3. The number of aromatic amines is 1. The Balaban J connectivity index is 1.25. The van der Waals surface area contributed by atoms with E-state index in [1.165, 1.54) is 24.4 Å². The maximum atomic E-state index is 15.4. The van der Waals surface area contributed by atoms with E-state index in [9.17, 15) is 9.59 Å². The molecule has 0 spiro atoms. The zero-order chi connectivity index (χ0) is 21.1. The number of halogens is 1. The lowest BCUT2D eigenvalue weighted by Crippen LogP contribution is -2.24. The number of hydrogen-bond donors (Lipinski definition) is 2. The van der Waals surface area contributed by atoms with Gasteiger partial charge in [0.05, 0.1) is 24.4 Å². The van der Waals surface area contributed by atoms with Gasteiger partial charge in [0.15, 0.2) is 0 Å². The quantitative estimate of drug-likeness (QED) is 0.726. The van der Waals surface area contributed by atoms with Crippen LogP contribution in [-0.2, 0) is 22.6 Å². The van der Waals surface area contributed by atoms with Crippen molar-refractivity contribution in [2.24, 2.45) is 11.8 Å². The summed E-state index contributed by atoms with van der Waals surface area (Å²) in [6, 6.07) is 5.31. The van der Waals surface area contributed by atoms with Crippen LogP contribution in [0.5, 0.6) is 0 Å². The van der Waals surface area contributed by atoms with Crippen LogP contribution in [0.4, 0.5) is 14.9 Å². The standard InChI is InChI=1S/C23H23FN4O3/c24-21-14(12-28-3-4-31-23(28)30)1-2-19-20(21)18(22(29)26-19)7-17-5-13(8-25-17)9-27-10-15-6-16(15)11-27/h1-2,5,7-8,15-16,25H,3-4,6,9-12H2,(H,26,29)/b18-7-/t15-,16+. The van der Waals surface area contributed by atoms with Crippen LogP contribution < -0.4 is 5.32 Å². The number of carbonyl (C=O) groups is 2. The molecule has 3 fully saturated rings. The number of aromatic nitrogens is 1. The van der Waals surface area contributed by atoms with Gasteiger partial charge in [0.25, 0.3) is 5.91 Å². The number of anilines is 1. The molecule has 0 bridgehead atoms. The first kappa shape index (κ1) is 18.6. The number of H-pyrrole nitrogens is 1. The zero-order valence-electron chi connectivity index (χ0n) is 17.0. The molecule has 4 aliphatic rings. The lowest BCUT2D eigenvalue weighted by atomic mass is 10.0. The number of ether oxygens (including phenoxy) is 1. The maximum Gasteiger partial charge on any atom is 0.410 e. The minimum absolute atomic E-state index is 0.115. The molecule has 2 N–H and O–H groups in total. The molecule has 0 radical (unpaired) electrons. The Kier molecular flexibility index (Phi) is 4.17. The molecule has 2 atom stereocenters. The largest absolute Gasteiger partial charge is 0.448 e. The molecule has 2 amide bonds. The van der Waals surface area contributed by atoms with Crippen LogP contribution in [0.25, 0.3) is 11.6 Å². The summed E-state index contributed by atoms with van der Waals surface area (Å²) in [4.78, 5) is 31.4. The first-order chi connectivity index (χ1) is 15.0. The third kappa shape index (κ3) is 3.31. The highest BCUT2D eigenvalue weighted by Crippen LogP contribution is 2.45. The van der Waals surface area contributed by atoms with Crippen molar-refractivity contribution < 1.29 is 18.7 Å². The lowest BCUT2D eigenvalue weighted by molar-refractivity contribution is -0.110. The van der Waals surface area contributed by atoms with Crippen molar-refractivity contribution >= 4 is 29.3 Å². The zero-order valence-corrected chi connectivity index (χ0v) is 17.0. The first-order valence-electron chi connectivity index (χ1n) is 10.7. The minimum Gasteiger partial charge on any atom is -0.448 e. The number of likely N-dealkylation sites (tertiary alicyclic amines) is 1. The molecule has 7 nitrogen and oxygen atoms in total. The van der Waals surface area contributed by atoms with Crippen molar-refractivity contribution in [3.05, 3.63) is 52.6 Å². The second kappa shape index (κ2) is 6.95. The van der Waals surface area contributed by atoms with E-state index in [4.69, 9.17) is 4.74 Å². The Hall–Kier alpha value is -3.13. The fourth-order valence-corrected chi connectivity index (χ4v) is 5.00. The summed E-state index contributed by atoms with van der Waals surface area (Å²) >= 11 is 0. The van der Waals surface area contributed by atoms with Gasteiger partial charge in [-0.25, -0.2) is 9.18 Å². The van der Waals surface area contributed by atoms with Crippen molar-refractivity contribution in [1.29, 1.82) is 0 Å². The number of amides is 2. The summed E-state index contributed by atoms with van der Waals surface area (Å²) in [6.45, 7) is 4.08. The molecule has 1 aliphatic carbocycles. The normalized spacial score (nSPS) is 25.7. The van der Waals surface area contributed by atoms with Gasteiger partial charge in [-0.2, -0.15) is 0 Å². The molecular formula is C23H23FN4O3. The number of nitrogens with one attached hydrogen (secondary N) is 2. The molecule has 1 saturated carbocycles. The number of benzene rings is 1. The van der Waals surface area contributed by atoms with Gasteiger partial charge in [0, 0.05) is 42.7 Å². The van der Waals surface area contributed by atoms with E-state index in [1.807, 2.05) is 12.3 Å². The van der Waals surface area contributed by atoms with Gasteiger partial charge in [-0.3, -0.25) is 9.69 Å². The number of rotatable bonds is 5. The number of fused-ring (bicyclic) bond motifs is 2. The predicted octanol–water partition coefficient (Wildman–Crippen LogP) is 3.05. The van der Waals surface area contributed by atoms with Gasteiger partial charge in [-0.15, -0.1) is 0 Å². The van der Waals surface area contributed by atoms with Crippen molar-refractivity contribution in [3.63, 3.8) is 0 Å². The Morgan fingerprint density at radius 2 is 2.03 bits per heavy atom. The highest BCUT2D eigenvalue weighted by molar-refractivity contribution is 6.35. The highest BCUT2D eigenvalue weighted by Gasteiger charge is 2.44. The van der Waals surface area contributed by atoms with Crippen LogP contribution in [0.15, 0.2) is 24.4 Å². The summed E-state index contributed by atoms with van der Waals surface area (Å²) in [5.74, 6) is 0.963. The molecule has 3 aliphatic heterocycles. The Morgan fingerprint density at radius 1 is 1.19 bits per heavy atom. The first-order valence-corrected chi connectivity index (χ1v) is 10.7. The maximum absolute atomic E-state index is 15.4. The number of nitrogens with zero attached hydrogens (tertiary/aromatic N) is 2. The molecule has 1 aromatic carbocycles. The van der Waals surface area contributed by atoms with Crippen molar-refractivity contribution in [1.82, 2.24) is 14.8 Å². The summed E-state index contributed by atoms with van der Waals surface area (Å²) in [5.41, 5.74) is 3.28. The fraction of sp³-hybridized carbons (Fsp3) is 0.391. The van der Waals surface area contributed by atoms with E-state index in [0.29, 0.717) is 24.4 Å². The van der Waals surface area contributed by atoms with Gasteiger partial charge in [0.1, 0.15) is 12.4 Å². The van der Waals surface area contributed by atoms with Crippen LogP contribution >= 0.6 is 0 Å². The molecule has 2 saturated heterocycles. The van der Waals surface area contributed by atoms with Crippen molar-refractivity contribution in [2.75, 3.05) is 31.6 Å². The van der Waals surface area contributed by atoms with Gasteiger partial charge in [-0.05, 0) is 42.0 Å². The topological polar surface area (TPSA) is 77.7 Å². The molecule has 6 rings (SSSR count). The average molecular weight is 422 g/mol. The monoisotopic (exact) mass is 422 g/mol. The van der Waals surface area contributed by atoms with Crippen molar-refractivity contribution in [2.45, 2.75) is 19.5 Å². The Labute approximate surface area is 178 Å². The number of piperidine rings is 1. The average Bonchev–Trinajstić information content (AvgIpc) is 3.15. The van der Waals surface area contributed by atoms with E-state index in [2.05, 4.69) is 15.2 Å². The van der Waals surface area contributed by atoms with Gasteiger partial charge < -0.3 is 19.9 Å². The van der Waals surface area contributed by atoms with E-state index in [1.54, 1.807) is 18.2 Å². The molecule has 31 heavy (non-hydrogen) atoms. The smallest absolute Gasteiger partial charge is 0.410 e. The van der Waals surface area contributed by atoms with Crippen LogP contribution in [0.2, 0.25) is 0 Å². The number of carbonyl (C=O) groups excluding carboxylic acids is 2. The third-order valence-corrected chi connectivity index (χ3v) is 6.72. The molecule has 160 valence electrons. The van der Waals surface area contributed by atoms with Crippen LogP contribution in [0, 0.1) is 17.7 Å². The Bertz CT molecular complexity index is 1110. The van der Waals surface area contributed by atoms with E-state index in [-0.39, 0.29) is 23.6 Å². The number of cyclic esters (lactones) is 1. The van der Waals surface area contributed by atoms with Gasteiger partial charge in [0.2, 0.25) is 0 Å². The van der Waals surface area contributed by atoms with Crippen LogP contribution in [0.3, 0.4) is 0 Å². The lowest BCUT2D eigenvalue weighted by Gasteiger charge is -2.15. The highest BCUT2D eigenvalue weighted by atomic mass is 19.1. The minimum atomic E-state index is -0.482. The summed E-state index contributed by atoms with van der Waals surface area (Å²) in [6.07, 6.45) is 4.58. The van der Waals surface area contributed by atoms with Gasteiger partial charge in [-0.1, -0.05) is 6.07 Å². The van der Waals surface area contributed by atoms with E-state index < -0.39 is 11.9 Å². The molecule has 2 aromatic rings. The Morgan fingerprint density at radius 3 is 2.81 bits per heavy atom. The molecule has 4 heterocycles. The SMILES string of the molecule is O=C1Nc2ccc(CN3CCOC3=O)c(F)c2/C1=C/c1cc(CN2C[C@H]3C[C@H]3C2)c[nH]1. The molecule has 1 aromatic heterocycles. The molecule has 8 heteroatoms. The number of hydrogen-bond acceptors (Lipinski definition) is 4. The predicted molar refractivity (Wildman–Crippen MR) is 112 cm³/mol. The van der Waals surface area contributed by atoms with E-state index in [0.717, 1.165) is 29.6 Å². The summed E-state index contributed by atoms with van der Waals surface area (Å²) in [5, 5.41) is 2.74. The van der Waals surface area contributed by atoms with Crippen LogP contribution in [0.1, 0.15) is 28.8 Å². The molecular weight excluding hydrogens is 399 g/mol. The van der Waals surface area contributed by atoms with E-state index >= 15 is 4.39 Å². The second-order valence-electron chi connectivity index (χ2n) is 8.92. The fourth-order valence-electron chi connectivity index (χ4n) is 5.00.